The summed E-state index contributed by atoms with van der Waals surface area (Å²) in [5, 5.41) is 2.62. The van der Waals surface area contributed by atoms with Crippen LogP contribution in [0.3, 0.4) is 0 Å². The molecule has 1 aromatic carbocycles. The molecular weight excluding hydrogens is 632 g/mol. The van der Waals surface area contributed by atoms with Crippen molar-refractivity contribution in [2.45, 2.75) is 85.4 Å². The number of methoxy groups -OCH3 is 2. The summed E-state index contributed by atoms with van der Waals surface area (Å²) in [7, 11) is 4.74. The first-order valence-electron chi connectivity index (χ1n) is 17.3. The summed E-state index contributed by atoms with van der Waals surface area (Å²) >= 11 is 0. The van der Waals surface area contributed by atoms with Crippen LogP contribution in [0, 0.1) is 17.3 Å². The van der Waals surface area contributed by atoms with Crippen molar-refractivity contribution in [3.8, 4) is 11.5 Å². The number of nitrogens with one attached hydrogen (secondary N) is 1. The first-order valence-corrected chi connectivity index (χ1v) is 17.3. The second-order valence-corrected chi connectivity index (χ2v) is 14.9. The molecule has 2 aliphatic rings. The fraction of sp³-hybridized carbons (Fsp3) is 0.722. The van der Waals surface area contributed by atoms with Crippen LogP contribution in [0.5, 0.6) is 11.5 Å². The average molecular weight is 691 g/mol. The van der Waals surface area contributed by atoms with Crippen molar-refractivity contribution in [2.24, 2.45) is 17.3 Å². The van der Waals surface area contributed by atoms with E-state index < -0.39 is 23.2 Å². The van der Waals surface area contributed by atoms with E-state index in [0.717, 1.165) is 12.8 Å². The molecule has 0 bridgehead atoms. The van der Waals surface area contributed by atoms with Crippen LogP contribution in [0.15, 0.2) is 18.2 Å². The normalized spacial score (nSPS) is 17.8. The minimum atomic E-state index is -0.891. The molecule has 0 unspecified atom stereocenters. The van der Waals surface area contributed by atoms with Crippen LogP contribution in [0.2, 0.25) is 0 Å². The minimum Gasteiger partial charge on any atom is -0.493 e. The van der Waals surface area contributed by atoms with Crippen LogP contribution in [0.1, 0.15) is 78.1 Å². The fourth-order valence-corrected chi connectivity index (χ4v) is 5.82. The van der Waals surface area contributed by atoms with E-state index >= 15 is 0 Å². The van der Waals surface area contributed by atoms with Gasteiger partial charge in [0.2, 0.25) is 5.91 Å². The van der Waals surface area contributed by atoms with Gasteiger partial charge in [-0.1, -0.05) is 0 Å². The molecule has 1 N–H and O–H groups in total. The van der Waals surface area contributed by atoms with E-state index in [-0.39, 0.29) is 42.3 Å². The van der Waals surface area contributed by atoms with E-state index in [2.05, 4.69) is 5.32 Å². The van der Waals surface area contributed by atoms with Gasteiger partial charge < -0.3 is 43.7 Å². The van der Waals surface area contributed by atoms with Gasteiger partial charge in [0, 0.05) is 82.8 Å². The van der Waals surface area contributed by atoms with E-state index in [1.165, 1.54) is 0 Å². The lowest BCUT2D eigenvalue weighted by Crippen LogP contribution is -2.46. The number of benzene rings is 1. The zero-order valence-corrected chi connectivity index (χ0v) is 31.1. The number of amides is 4. The summed E-state index contributed by atoms with van der Waals surface area (Å²) in [4.78, 5) is 58.4. The molecule has 13 heteroatoms. The van der Waals surface area contributed by atoms with Crippen molar-refractivity contribution >= 4 is 24.0 Å². The van der Waals surface area contributed by atoms with Crippen LogP contribution in [0.25, 0.3) is 0 Å². The third-order valence-electron chi connectivity index (χ3n) is 8.76. The van der Waals surface area contributed by atoms with E-state index in [1.54, 1.807) is 68.0 Å². The predicted molar refractivity (Wildman–Crippen MR) is 185 cm³/mol. The van der Waals surface area contributed by atoms with Gasteiger partial charge in [-0.2, -0.15) is 0 Å². The Morgan fingerprint density at radius 2 is 1.61 bits per heavy atom. The maximum absolute atomic E-state index is 14.1. The highest BCUT2D eigenvalue weighted by molar-refractivity contribution is 5.95. The maximum Gasteiger partial charge on any atom is 0.410 e. The quantitative estimate of drug-likeness (QED) is 0.242. The molecule has 1 aromatic rings. The molecule has 0 radical (unpaired) electrons. The Morgan fingerprint density at radius 3 is 2.16 bits per heavy atom. The monoisotopic (exact) mass is 690 g/mol. The van der Waals surface area contributed by atoms with E-state index in [0.29, 0.717) is 62.9 Å². The van der Waals surface area contributed by atoms with Crippen molar-refractivity contribution in [1.29, 1.82) is 0 Å². The summed E-state index contributed by atoms with van der Waals surface area (Å²) in [6.45, 7) is 15.2. The molecule has 0 aromatic heterocycles. The van der Waals surface area contributed by atoms with Crippen LogP contribution in [0.4, 0.5) is 9.59 Å². The van der Waals surface area contributed by atoms with Gasteiger partial charge in [0.1, 0.15) is 12.2 Å². The van der Waals surface area contributed by atoms with Crippen molar-refractivity contribution in [3.63, 3.8) is 0 Å². The predicted octanol–water partition coefficient (Wildman–Crippen LogP) is 4.82. The number of hydrogen-bond donors (Lipinski definition) is 1. The number of carbonyl (C=O) groups excluding carboxylic acids is 4. The Balaban J connectivity index is 1.85. The van der Waals surface area contributed by atoms with Crippen molar-refractivity contribution < 1.29 is 42.9 Å². The molecule has 1 saturated heterocycles. The van der Waals surface area contributed by atoms with Gasteiger partial charge in [0.25, 0.3) is 5.91 Å². The molecule has 2 atom stereocenters. The second kappa shape index (κ2) is 17.3. The highest BCUT2D eigenvalue weighted by Gasteiger charge is 2.44. The number of hydrogen-bond acceptors (Lipinski definition) is 9. The summed E-state index contributed by atoms with van der Waals surface area (Å²) in [5.41, 5.74) is -1.11. The summed E-state index contributed by atoms with van der Waals surface area (Å²) in [6.07, 6.45) is 1.48. The van der Waals surface area contributed by atoms with Crippen LogP contribution in [-0.4, -0.2) is 124 Å². The maximum atomic E-state index is 14.1. The fourth-order valence-electron chi connectivity index (χ4n) is 5.82. The van der Waals surface area contributed by atoms with Crippen LogP contribution in [-0.2, 0) is 19.0 Å². The minimum absolute atomic E-state index is 0.0243. The van der Waals surface area contributed by atoms with Gasteiger partial charge in [-0.25, -0.2) is 9.59 Å². The van der Waals surface area contributed by atoms with E-state index in [1.807, 2.05) is 34.6 Å². The zero-order chi connectivity index (χ0) is 36.5. The molecule has 1 aliphatic heterocycles. The molecule has 1 aliphatic carbocycles. The SMILES string of the molecule is CNC(=O)C(C)(C)COC(=O)N(C[C@@H]1CN(C(=O)OC(C)(C)C)C[C@@H]1CN(C(=O)c1ccc(OC)c(OCCCOC)c1)C(C)C)C1CC1. The molecule has 0 spiro atoms. The van der Waals surface area contributed by atoms with Gasteiger partial charge in [-0.3, -0.25) is 9.59 Å². The molecule has 2 fully saturated rings. The number of ether oxygens (including phenoxy) is 5. The number of carbonyl (C=O) groups is 4. The second-order valence-electron chi connectivity index (χ2n) is 14.9. The Kier molecular flexibility index (Phi) is 14.0. The smallest absolute Gasteiger partial charge is 0.410 e. The molecule has 276 valence electrons. The highest BCUT2D eigenvalue weighted by Crippen LogP contribution is 2.34. The van der Waals surface area contributed by atoms with Gasteiger partial charge in [0.15, 0.2) is 11.5 Å². The van der Waals surface area contributed by atoms with Gasteiger partial charge in [0.05, 0.1) is 19.1 Å². The molecule has 3 rings (SSSR count). The topological polar surface area (TPSA) is 136 Å². The largest absolute Gasteiger partial charge is 0.493 e. The van der Waals surface area contributed by atoms with Gasteiger partial charge in [-0.15, -0.1) is 0 Å². The first kappa shape index (κ1) is 39.7. The third kappa shape index (κ3) is 11.4. The lowest BCUT2D eigenvalue weighted by molar-refractivity contribution is -0.130. The Bertz CT molecular complexity index is 1290. The molecule has 4 amide bonds. The highest BCUT2D eigenvalue weighted by atomic mass is 16.6. The average Bonchev–Trinajstić information content (AvgIpc) is 3.81. The molecular formula is C36H58N4O9. The first-order chi connectivity index (χ1) is 23.0. The molecule has 1 saturated carbocycles. The standard InChI is InChI=1S/C36H58N4O9/c1-24(2)39(31(41)25-12-15-29(46-10)30(18-25)47-17-11-16-45-9)21-26-19-38(33(43)49-35(3,4)5)20-27(26)22-40(28-13-14-28)34(44)48-23-36(6,7)32(42)37-8/h12,15,18,24,26-28H,11,13-14,16-17,19-23H2,1-10H3,(H,37,42)/t26-,27+/m1/s1. The molecule has 1 heterocycles. The van der Waals surface area contributed by atoms with Crippen LogP contribution >= 0.6 is 0 Å². The van der Waals surface area contributed by atoms with Crippen molar-refractivity contribution in [1.82, 2.24) is 20.0 Å². The Hall–Kier alpha value is -3.74. The molecule has 13 nitrogen and oxygen atoms in total. The van der Waals surface area contributed by atoms with Crippen molar-refractivity contribution in [2.75, 3.05) is 67.3 Å². The Labute approximate surface area is 291 Å². The van der Waals surface area contributed by atoms with Gasteiger partial charge in [-0.05, 0) is 79.5 Å². The van der Waals surface area contributed by atoms with Gasteiger partial charge >= 0.3 is 12.2 Å². The molecule has 49 heavy (non-hydrogen) atoms. The van der Waals surface area contributed by atoms with E-state index in [9.17, 15) is 19.2 Å². The Morgan fingerprint density at radius 1 is 0.959 bits per heavy atom. The summed E-state index contributed by atoms with van der Waals surface area (Å²) in [5.74, 6) is 0.294. The summed E-state index contributed by atoms with van der Waals surface area (Å²) < 4.78 is 27.9. The lowest BCUT2D eigenvalue weighted by atomic mass is 9.93. The summed E-state index contributed by atoms with van der Waals surface area (Å²) in [6, 6.07) is 5.02. The van der Waals surface area contributed by atoms with E-state index in [4.69, 9.17) is 23.7 Å². The van der Waals surface area contributed by atoms with Crippen molar-refractivity contribution in [3.05, 3.63) is 23.8 Å². The van der Waals surface area contributed by atoms with Crippen LogP contribution < -0.4 is 14.8 Å². The lowest BCUT2D eigenvalue weighted by Gasteiger charge is -2.33. The number of likely N-dealkylation sites (tertiary alicyclic amines) is 1. The number of rotatable bonds is 16. The number of nitrogens with zero attached hydrogens (tertiary/aromatic N) is 3. The zero-order valence-electron chi connectivity index (χ0n) is 31.1. The third-order valence-corrected chi connectivity index (χ3v) is 8.76.